The van der Waals surface area contributed by atoms with Crippen LogP contribution in [0.4, 0.5) is 8.78 Å². The Morgan fingerprint density at radius 1 is 1.06 bits per heavy atom. The zero-order chi connectivity index (χ0) is 13.1. The minimum Gasteiger partial charge on any atom is -0.457 e. The summed E-state index contributed by atoms with van der Waals surface area (Å²) in [4.78, 5) is 0. The molecule has 0 aliphatic heterocycles. The van der Waals surface area contributed by atoms with Gasteiger partial charge in [-0.2, -0.15) is 0 Å². The molecule has 2 rings (SSSR count). The average Bonchev–Trinajstić information content (AvgIpc) is 2.36. The Hall–Kier alpha value is -1.61. The maximum atomic E-state index is 13.1. The summed E-state index contributed by atoms with van der Waals surface area (Å²) in [6.45, 7) is 1.87. The first kappa shape index (κ1) is 12.8. The van der Waals surface area contributed by atoms with Gasteiger partial charge in [-0.05, 0) is 36.2 Å². The Kier molecular flexibility index (Phi) is 3.82. The molecule has 2 aromatic carbocycles. The topological polar surface area (TPSA) is 9.23 Å². The SMILES string of the molecule is Cc1ccc(CCl)cc1Oc1ccc(F)c(F)c1. The molecule has 0 aliphatic carbocycles. The molecule has 4 heteroatoms. The van der Waals surface area contributed by atoms with Crippen LogP contribution in [0, 0.1) is 18.6 Å². The monoisotopic (exact) mass is 268 g/mol. The van der Waals surface area contributed by atoms with Gasteiger partial charge in [-0.1, -0.05) is 12.1 Å². The van der Waals surface area contributed by atoms with Gasteiger partial charge in [0.1, 0.15) is 11.5 Å². The molecule has 0 radical (unpaired) electrons. The number of hydrogen-bond donors (Lipinski definition) is 0. The number of halogens is 3. The van der Waals surface area contributed by atoms with Crippen molar-refractivity contribution in [3.8, 4) is 11.5 Å². The first-order chi connectivity index (χ1) is 8.60. The molecule has 0 saturated carbocycles. The molecule has 0 amide bonds. The lowest BCUT2D eigenvalue weighted by Gasteiger charge is -2.10. The van der Waals surface area contributed by atoms with Crippen molar-refractivity contribution in [1.82, 2.24) is 0 Å². The van der Waals surface area contributed by atoms with Crippen LogP contribution in [0.2, 0.25) is 0 Å². The molecule has 94 valence electrons. The fraction of sp³-hybridized carbons (Fsp3) is 0.143. The smallest absolute Gasteiger partial charge is 0.162 e. The van der Waals surface area contributed by atoms with Crippen LogP contribution in [0.15, 0.2) is 36.4 Å². The largest absolute Gasteiger partial charge is 0.457 e. The molecule has 0 spiro atoms. The summed E-state index contributed by atoms with van der Waals surface area (Å²) in [5, 5.41) is 0. The summed E-state index contributed by atoms with van der Waals surface area (Å²) in [6, 6.07) is 8.97. The van der Waals surface area contributed by atoms with Gasteiger partial charge in [0.05, 0.1) is 0 Å². The van der Waals surface area contributed by atoms with Crippen LogP contribution in [-0.4, -0.2) is 0 Å². The Balaban J connectivity index is 2.30. The molecule has 0 unspecified atom stereocenters. The highest BCUT2D eigenvalue weighted by Crippen LogP contribution is 2.27. The Labute approximate surface area is 109 Å². The summed E-state index contributed by atoms with van der Waals surface area (Å²) in [5.41, 5.74) is 1.80. The van der Waals surface area contributed by atoms with Crippen LogP contribution in [-0.2, 0) is 5.88 Å². The van der Waals surface area contributed by atoms with Gasteiger partial charge in [0, 0.05) is 11.9 Å². The van der Waals surface area contributed by atoms with E-state index in [0.29, 0.717) is 11.6 Å². The lowest BCUT2D eigenvalue weighted by Crippen LogP contribution is -1.91. The van der Waals surface area contributed by atoms with Gasteiger partial charge < -0.3 is 4.74 Å². The molecule has 2 aromatic rings. The molecule has 0 N–H and O–H groups in total. The Morgan fingerprint density at radius 3 is 2.50 bits per heavy atom. The number of rotatable bonds is 3. The maximum Gasteiger partial charge on any atom is 0.162 e. The molecular weight excluding hydrogens is 258 g/mol. The van der Waals surface area contributed by atoms with E-state index in [-0.39, 0.29) is 5.75 Å². The number of hydrogen-bond acceptors (Lipinski definition) is 1. The first-order valence-electron chi connectivity index (χ1n) is 5.38. The molecular formula is C14H11ClF2O. The Bertz CT molecular complexity index is 570. The summed E-state index contributed by atoms with van der Waals surface area (Å²) >= 11 is 5.74. The zero-order valence-corrected chi connectivity index (χ0v) is 10.5. The fourth-order valence-electron chi connectivity index (χ4n) is 1.50. The second-order valence-corrected chi connectivity index (χ2v) is 4.18. The highest BCUT2D eigenvalue weighted by Gasteiger charge is 2.06. The van der Waals surface area contributed by atoms with Crippen LogP contribution in [0.3, 0.4) is 0 Å². The van der Waals surface area contributed by atoms with Crippen molar-refractivity contribution in [1.29, 1.82) is 0 Å². The number of aryl methyl sites for hydroxylation is 1. The Morgan fingerprint density at radius 2 is 1.83 bits per heavy atom. The highest BCUT2D eigenvalue weighted by atomic mass is 35.5. The lowest BCUT2D eigenvalue weighted by molar-refractivity contribution is 0.459. The van der Waals surface area contributed by atoms with Gasteiger partial charge >= 0.3 is 0 Å². The third-order valence-electron chi connectivity index (χ3n) is 2.53. The normalized spacial score (nSPS) is 10.4. The van der Waals surface area contributed by atoms with Crippen molar-refractivity contribution in [2.24, 2.45) is 0 Å². The third-order valence-corrected chi connectivity index (χ3v) is 2.83. The fourth-order valence-corrected chi connectivity index (χ4v) is 1.67. The van der Waals surface area contributed by atoms with E-state index in [0.717, 1.165) is 23.3 Å². The predicted octanol–water partition coefficient (Wildman–Crippen LogP) is 4.80. The van der Waals surface area contributed by atoms with Crippen LogP contribution in [0.25, 0.3) is 0 Å². The summed E-state index contributed by atoms with van der Waals surface area (Å²) in [6.07, 6.45) is 0. The van der Waals surface area contributed by atoms with E-state index in [1.54, 1.807) is 6.07 Å². The van der Waals surface area contributed by atoms with Crippen LogP contribution in [0.1, 0.15) is 11.1 Å². The molecule has 0 heterocycles. The highest BCUT2D eigenvalue weighted by molar-refractivity contribution is 6.17. The first-order valence-corrected chi connectivity index (χ1v) is 5.92. The minimum atomic E-state index is -0.932. The van der Waals surface area contributed by atoms with E-state index in [1.165, 1.54) is 6.07 Å². The van der Waals surface area contributed by atoms with Gasteiger partial charge in [0.15, 0.2) is 11.6 Å². The molecule has 1 nitrogen and oxygen atoms in total. The summed E-state index contributed by atoms with van der Waals surface area (Å²) in [5.74, 6) is -0.621. The number of benzene rings is 2. The zero-order valence-electron chi connectivity index (χ0n) is 9.71. The number of alkyl halides is 1. The van der Waals surface area contributed by atoms with Crippen molar-refractivity contribution in [2.45, 2.75) is 12.8 Å². The van der Waals surface area contributed by atoms with Crippen LogP contribution in [0.5, 0.6) is 11.5 Å². The van der Waals surface area contributed by atoms with Gasteiger partial charge in [-0.15, -0.1) is 11.6 Å². The maximum absolute atomic E-state index is 13.1. The minimum absolute atomic E-state index is 0.253. The van der Waals surface area contributed by atoms with Gasteiger partial charge in [0.25, 0.3) is 0 Å². The van der Waals surface area contributed by atoms with E-state index >= 15 is 0 Å². The van der Waals surface area contributed by atoms with Gasteiger partial charge in [0.2, 0.25) is 0 Å². The van der Waals surface area contributed by atoms with Crippen molar-refractivity contribution in [3.63, 3.8) is 0 Å². The summed E-state index contributed by atoms with van der Waals surface area (Å²) in [7, 11) is 0. The molecule has 0 atom stereocenters. The van der Waals surface area contributed by atoms with Crippen molar-refractivity contribution in [3.05, 3.63) is 59.2 Å². The predicted molar refractivity (Wildman–Crippen MR) is 67.2 cm³/mol. The van der Waals surface area contributed by atoms with E-state index in [2.05, 4.69) is 0 Å². The van der Waals surface area contributed by atoms with Crippen molar-refractivity contribution < 1.29 is 13.5 Å². The second kappa shape index (κ2) is 5.36. The van der Waals surface area contributed by atoms with E-state index in [4.69, 9.17) is 16.3 Å². The van der Waals surface area contributed by atoms with E-state index in [1.807, 2.05) is 19.1 Å². The van der Waals surface area contributed by atoms with Gasteiger partial charge in [-0.3, -0.25) is 0 Å². The summed E-state index contributed by atoms with van der Waals surface area (Å²) < 4.78 is 31.4. The van der Waals surface area contributed by atoms with Gasteiger partial charge in [-0.25, -0.2) is 8.78 Å². The number of ether oxygens (including phenoxy) is 1. The van der Waals surface area contributed by atoms with Crippen molar-refractivity contribution in [2.75, 3.05) is 0 Å². The third kappa shape index (κ3) is 2.79. The van der Waals surface area contributed by atoms with Crippen LogP contribution >= 0.6 is 11.6 Å². The molecule has 0 bridgehead atoms. The van der Waals surface area contributed by atoms with E-state index < -0.39 is 11.6 Å². The second-order valence-electron chi connectivity index (χ2n) is 3.91. The average molecular weight is 269 g/mol. The standard InChI is InChI=1S/C14H11ClF2O/c1-9-2-3-10(8-15)6-14(9)18-11-4-5-12(16)13(17)7-11/h2-7H,8H2,1H3. The quantitative estimate of drug-likeness (QED) is 0.726. The molecule has 18 heavy (non-hydrogen) atoms. The van der Waals surface area contributed by atoms with Crippen molar-refractivity contribution >= 4 is 11.6 Å². The molecule has 0 aliphatic rings. The van der Waals surface area contributed by atoms with E-state index in [9.17, 15) is 8.78 Å². The van der Waals surface area contributed by atoms with Crippen LogP contribution < -0.4 is 4.74 Å². The molecule has 0 aromatic heterocycles. The lowest BCUT2D eigenvalue weighted by atomic mass is 10.1. The molecule has 0 saturated heterocycles. The molecule has 0 fully saturated rings.